The number of ether oxygens (including phenoxy) is 2. The van der Waals surface area contributed by atoms with Gasteiger partial charge in [-0.2, -0.15) is 12.6 Å². The molecule has 11 heavy (non-hydrogen) atoms. The zero-order chi connectivity index (χ0) is 8.32. The van der Waals surface area contributed by atoms with E-state index in [0.29, 0.717) is 0 Å². The fraction of sp³-hybridized carbons (Fsp3) is 1.00. The van der Waals surface area contributed by atoms with Crippen LogP contribution in [0, 0.1) is 0 Å². The van der Waals surface area contributed by atoms with E-state index in [0.717, 1.165) is 12.8 Å². The molecule has 1 aliphatic rings. The Kier molecular flexibility index (Phi) is 3.22. The summed E-state index contributed by atoms with van der Waals surface area (Å²) in [5.41, 5.74) is 0. The standard InChI is InChI=1S/C8H16O2S/c1-9-8(10-2)6-4-3-5-7(8)11/h7,11H,3-6H2,1-2H3. The summed E-state index contributed by atoms with van der Waals surface area (Å²) in [7, 11) is 3.38. The Labute approximate surface area is 73.7 Å². The van der Waals surface area contributed by atoms with Crippen molar-refractivity contribution in [2.45, 2.75) is 36.7 Å². The van der Waals surface area contributed by atoms with Crippen LogP contribution in [0.3, 0.4) is 0 Å². The molecule has 1 unspecified atom stereocenters. The van der Waals surface area contributed by atoms with E-state index in [1.54, 1.807) is 14.2 Å². The summed E-state index contributed by atoms with van der Waals surface area (Å²) in [6.07, 6.45) is 4.47. The molecule has 1 fully saturated rings. The van der Waals surface area contributed by atoms with Crippen LogP contribution in [0.5, 0.6) is 0 Å². The average Bonchev–Trinajstić information content (AvgIpc) is 2.06. The summed E-state index contributed by atoms with van der Waals surface area (Å²) >= 11 is 4.45. The molecule has 0 radical (unpaired) electrons. The van der Waals surface area contributed by atoms with Gasteiger partial charge in [-0.3, -0.25) is 0 Å². The molecule has 0 amide bonds. The molecule has 0 bridgehead atoms. The van der Waals surface area contributed by atoms with Crippen LogP contribution in [0.2, 0.25) is 0 Å². The van der Waals surface area contributed by atoms with Crippen LogP contribution in [-0.2, 0) is 9.47 Å². The summed E-state index contributed by atoms with van der Waals surface area (Å²) in [5, 5.41) is 0.228. The van der Waals surface area contributed by atoms with E-state index in [4.69, 9.17) is 9.47 Å². The van der Waals surface area contributed by atoms with Crippen LogP contribution in [0.4, 0.5) is 0 Å². The van der Waals surface area contributed by atoms with E-state index in [-0.39, 0.29) is 5.25 Å². The first kappa shape index (κ1) is 9.36. The van der Waals surface area contributed by atoms with Crippen molar-refractivity contribution < 1.29 is 9.47 Å². The molecular formula is C8H16O2S. The smallest absolute Gasteiger partial charge is 0.179 e. The normalized spacial score (nSPS) is 30.3. The highest BCUT2D eigenvalue weighted by Crippen LogP contribution is 2.35. The van der Waals surface area contributed by atoms with Crippen LogP contribution >= 0.6 is 12.6 Å². The molecule has 0 N–H and O–H groups in total. The summed E-state index contributed by atoms with van der Waals surface area (Å²) in [6, 6.07) is 0. The monoisotopic (exact) mass is 176 g/mol. The molecule has 0 spiro atoms. The van der Waals surface area contributed by atoms with Gasteiger partial charge < -0.3 is 9.47 Å². The second-order valence-electron chi connectivity index (χ2n) is 2.98. The van der Waals surface area contributed by atoms with Gasteiger partial charge in [-0.15, -0.1) is 0 Å². The minimum atomic E-state index is -0.415. The van der Waals surface area contributed by atoms with Crippen LogP contribution in [-0.4, -0.2) is 25.3 Å². The number of hydrogen-bond acceptors (Lipinski definition) is 3. The number of rotatable bonds is 2. The van der Waals surface area contributed by atoms with Gasteiger partial charge in [-0.05, 0) is 12.8 Å². The fourth-order valence-electron chi connectivity index (χ4n) is 1.66. The highest BCUT2D eigenvalue weighted by molar-refractivity contribution is 7.81. The highest BCUT2D eigenvalue weighted by Gasteiger charge is 2.39. The van der Waals surface area contributed by atoms with Gasteiger partial charge in [0.25, 0.3) is 0 Å². The van der Waals surface area contributed by atoms with Crippen molar-refractivity contribution in [3.8, 4) is 0 Å². The Balaban J connectivity index is 2.61. The van der Waals surface area contributed by atoms with Gasteiger partial charge >= 0.3 is 0 Å². The Morgan fingerprint density at radius 2 is 1.91 bits per heavy atom. The maximum atomic E-state index is 5.34. The zero-order valence-electron chi connectivity index (χ0n) is 7.17. The number of methoxy groups -OCH3 is 2. The lowest BCUT2D eigenvalue weighted by atomic mass is 9.93. The van der Waals surface area contributed by atoms with E-state index >= 15 is 0 Å². The fourth-order valence-corrected chi connectivity index (χ4v) is 2.18. The van der Waals surface area contributed by atoms with Gasteiger partial charge in [-0.25, -0.2) is 0 Å². The minimum absolute atomic E-state index is 0.228. The van der Waals surface area contributed by atoms with E-state index in [2.05, 4.69) is 12.6 Å². The van der Waals surface area contributed by atoms with E-state index < -0.39 is 5.79 Å². The van der Waals surface area contributed by atoms with E-state index in [9.17, 15) is 0 Å². The molecule has 0 heterocycles. The SMILES string of the molecule is COC1(OC)CCCCC1S. The first-order valence-electron chi connectivity index (χ1n) is 4.03. The third-order valence-electron chi connectivity index (χ3n) is 2.45. The van der Waals surface area contributed by atoms with Crippen molar-refractivity contribution in [3.05, 3.63) is 0 Å². The van der Waals surface area contributed by atoms with Gasteiger partial charge in [0.2, 0.25) is 0 Å². The third kappa shape index (κ3) is 1.71. The van der Waals surface area contributed by atoms with Crippen molar-refractivity contribution in [2.75, 3.05) is 14.2 Å². The van der Waals surface area contributed by atoms with Crippen LogP contribution < -0.4 is 0 Å². The Hall–Kier alpha value is 0.270. The maximum absolute atomic E-state index is 5.34. The van der Waals surface area contributed by atoms with Crippen molar-refractivity contribution in [1.82, 2.24) is 0 Å². The maximum Gasteiger partial charge on any atom is 0.179 e. The Morgan fingerprint density at radius 3 is 2.27 bits per heavy atom. The third-order valence-corrected chi connectivity index (χ3v) is 3.10. The molecule has 0 aromatic heterocycles. The average molecular weight is 176 g/mol. The van der Waals surface area contributed by atoms with Crippen molar-refractivity contribution in [3.63, 3.8) is 0 Å². The summed E-state index contributed by atoms with van der Waals surface area (Å²) in [5.74, 6) is -0.415. The van der Waals surface area contributed by atoms with Crippen LogP contribution in [0.1, 0.15) is 25.7 Å². The molecule has 0 aliphatic heterocycles. The molecule has 1 rings (SSSR count). The van der Waals surface area contributed by atoms with Crippen molar-refractivity contribution in [1.29, 1.82) is 0 Å². The lowest BCUT2D eigenvalue weighted by molar-refractivity contribution is -0.218. The van der Waals surface area contributed by atoms with Crippen LogP contribution in [0.25, 0.3) is 0 Å². The molecule has 0 aromatic rings. The predicted molar refractivity (Wildman–Crippen MR) is 48.0 cm³/mol. The molecule has 66 valence electrons. The van der Waals surface area contributed by atoms with E-state index in [1.807, 2.05) is 0 Å². The molecule has 1 saturated carbocycles. The molecular weight excluding hydrogens is 160 g/mol. The Bertz CT molecular complexity index is 123. The number of thiol groups is 1. The van der Waals surface area contributed by atoms with Gasteiger partial charge in [0, 0.05) is 20.6 Å². The Morgan fingerprint density at radius 1 is 1.27 bits per heavy atom. The largest absolute Gasteiger partial charge is 0.352 e. The molecule has 0 aromatic carbocycles. The first-order valence-corrected chi connectivity index (χ1v) is 4.55. The topological polar surface area (TPSA) is 18.5 Å². The molecule has 2 nitrogen and oxygen atoms in total. The quantitative estimate of drug-likeness (QED) is 0.511. The molecule has 3 heteroatoms. The highest BCUT2D eigenvalue weighted by atomic mass is 32.1. The molecule has 0 saturated heterocycles. The first-order chi connectivity index (χ1) is 5.25. The lowest BCUT2D eigenvalue weighted by Crippen LogP contribution is -2.45. The lowest BCUT2D eigenvalue weighted by Gasteiger charge is -2.39. The second kappa shape index (κ2) is 3.78. The van der Waals surface area contributed by atoms with E-state index in [1.165, 1.54) is 12.8 Å². The van der Waals surface area contributed by atoms with Gasteiger partial charge in [-0.1, -0.05) is 6.42 Å². The second-order valence-corrected chi connectivity index (χ2v) is 3.61. The van der Waals surface area contributed by atoms with Crippen molar-refractivity contribution >= 4 is 12.6 Å². The van der Waals surface area contributed by atoms with Crippen LogP contribution in [0.15, 0.2) is 0 Å². The van der Waals surface area contributed by atoms with Crippen molar-refractivity contribution in [2.24, 2.45) is 0 Å². The minimum Gasteiger partial charge on any atom is -0.352 e. The molecule has 1 atom stereocenters. The van der Waals surface area contributed by atoms with Gasteiger partial charge in [0.15, 0.2) is 5.79 Å². The predicted octanol–water partition coefficient (Wildman–Crippen LogP) is 1.85. The van der Waals surface area contributed by atoms with Gasteiger partial charge in [0.1, 0.15) is 0 Å². The summed E-state index contributed by atoms with van der Waals surface area (Å²) < 4.78 is 10.7. The summed E-state index contributed by atoms with van der Waals surface area (Å²) in [4.78, 5) is 0. The zero-order valence-corrected chi connectivity index (χ0v) is 8.06. The molecule has 1 aliphatic carbocycles. The number of hydrogen-bond donors (Lipinski definition) is 1. The van der Waals surface area contributed by atoms with Gasteiger partial charge in [0.05, 0.1) is 5.25 Å². The summed E-state index contributed by atoms with van der Waals surface area (Å²) in [6.45, 7) is 0.